The third-order valence-corrected chi connectivity index (χ3v) is 5.68. The average molecular weight is 372 g/mol. The SMILES string of the molecule is CCCC(=O)Nc1sc2c(c1C(=O)Nc1ccc(OC)cc1)CCCC2. The second kappa shape index (κ2) is 8.36. The van der Waals surface area contributed by atoms with Crippen LogP contribution in [0, 0.1) is 0 Å². The van der Waals surface area contributed by atoms with Gasteiger partial charge >= 0.3 is 0 Å². The lowest BCUT2D eigenvalue weighted by Crippen LogP contribution is -2.18. The van der Waals surface area contributed by atoms with Crippen molar-refractivity contribution in [3.05, 3.63) is 40.3 Å². The Bertz CT molecular complexity index is 796. The highest BCUT2D eigenvalue weighted by Gasteiger charge is 2.26. The molecule has 0 bridgehead atoms. The Labute approximate surface area is 157 Å². The highest BCUT2D eigenvalue weighted by atomic mass is 32.1. The van der Waals surface area contributed by atoms with Crippen LogP contribution in [-0.2, 0) is 17.6 Å². The summed E-state index contributed by atoms with van der Waals surface area (Å²) in [6, 6.07) is 7.24. The minimum atomic E-state index is -0.165. The predicted octanol–water partition coefficient (Wildman–Crippen LogP) is 4.63. The molecule has 2 aromatic rings. The lowest BCUT2D eigenvalue weighted by Gasteiger charge is -2.13. The summed E-state index contributed by atoms with van der Waals surface area (Å²) in [4.78, 5) is 26.3. The van der Waals surface area contributed by atoms with Crippen LogP contribution in [0.1, 0.15) is 53.4 Å². The molecule has 3 rings (SSSR count). The van der Waals surface area contributed by atoms with Crippen LogP contribution in [0.25, 0.3) is 0 Å². The molecule has 2 amide bonds. The summed E-state index contributed by atoms with van der Waals surface area (Å²) in [7, 11) is 1.61. The van der Waals surface area contributed by atoms with Gasteiger partial charge in [-0.05, 0) is 61.9 Å². The number of thiophene rings is 1. The van der Waals surface area contributed by atoms with Crippen LogP contribution >= 0.6 is 11.3 Å². The third kappa shape index (κ3) is 4.07. The van der Waals surface area contributed by atoms with E-state index >= 15 is 0 Å². The molecule has 1 aliphatic carbocycles. The van der Waals surface area contributed by atoms with Crippen LogP contribution in [-0.4, -0.2) is 18.9 Å². The molecule has 2 N–H and O–H groups in total. The summed E-state index contributed by atoms with van der Waals surface area (Å²) in [5.74, 6) is 0.536. The van der Waals surface area contributed by atoms with Gasteiger partial charge in [0, 0.05) is 17.0 Å². The molecule has 0 atom stereocenters. The van der Waals surface area contributed by atoms with Gasteiger partial charge in [0.25, 0.3) is 5.91 Å². The number of benzene rings is 1. The molecule has 0 spiro atoms. The van der Waals surface area contributed by atoms with Crippen LogP contribution < -0.4 is 15.4 Å². The first-order chi connectivity index (χ1) is 12.6. The molecule has 0 aliphatic heterocycles. The van der Waals surface area contributed by atoms with E-state index in [0.29, 0.717) is 22.7 Å². The fourth-order valence-corrected chi connectivity index (χ4v) is 4.48. The summed E-state index contributed by atoms with van der Waals surface area (Å²) in [6.07, 6.45) is 5.32. The van der Waals surface area contributed by atoms with Crippen molar-refractivity contribution >= 4 is 33.8 Å². The summed E-state index contributed by atoms with van der Waals surface area (Å²) >= 11 is 1.55. The van der Waals surface area contributed by atoms with Gasteiger partial charge in [0.1, 0.15) is 10.8 Å². The molecule has 138 valence electrons. The Kier molecular flexibility index (Phi) is 5.93. The maximum atomic E-state index is 13.0. The smallest absolute Gasteiger partial charge is 0.258 e. The van der Waals surface area contributed by atoms with Crippen LogP contribution in [0.4, 0.5) is 10.7 Å². The van der Waals surface area contributed by atoms with Crippen molar-refractivity contribution < 1.29 is 14.3 Å². The van der Waals surface area contributed by atoms with Crippen LogP contribution in [0.15, 0.2) is 24.3 Å². The standard InChI is InChI=1S/C20H24N2O3S/c1-3-6-17(23)22-20-18(15-7-4-5-8-16(15)26-20)19(24)21-13-9-11-14(25-2)12-10-13/h9-12H,3-8H2,1-2H3,(H,21,24)(H,22,23). The molecule has 0 saturated heterocycles. The maximum Gasteiger partial charge on any atom is 0.258 e. The van der Waals surface area contributed by atoms with Crippen LogP contribution in [0.2, 0.25) is 0 Å². The molecule has 0 saturated carbocycles. The fourth-order valence-electron chi connectivity index (χ4n) is 3.18. The first kappa shape index (κ1) is 18.5. The minimum Gasteiger partial charge on any atom is -0.497 e. The van der Waals surface area contributed by atoms with E-state index in [9.17, 15) is 9.59 Å². The fraction of sp³-hybridized carbons (Fsp3) is 0.400. The molecule has 1 aliphatic rings. The van der Waals surface area contributed by atoms with Gasteiger partial charge < -0.3 is 15.4 Å². The molecule has 6 heteroatoms. The Hall–Kier alpha value is -2.34. The number of amides is 2. The molecule has 1 aromatic carbocycles. The van der Waals surface area contributed by atoms with Crippen molar-refractivity contribution in [2.75, 3.05) is 17.7 Å². The number of rotatable bonds is 6. The third-order valence-electron chi connectivity index (χ3n) is 4.48. The molecule has 0 fully saturated rings. The molecular weight excluding hydrogens is 348 g/mol. The number of hydrogen-bond acceptors (Lipinski definition) is 4. The van der Waals surface area contributed by atoms with Gasteiger partial charge in [-0.15, -0.1) is 11.3 Å². The summed E-state index contributed by atoms with van der Waals surface area (Å²) < 4.78 is 5.15. The largest absolute Gasteiger partial charge is 0.497 e. The zero-order valence-electron chi connectivity index (χ0n) is 15.2. The summed E-state index contributed by atoms with van der Waals surface area (Å²) in [5, 5.41) is 6.59. The molecular formula is C20H24N2O3S. The zero-order chi connectivity index (χ0) is 18.5. The van der Waals surface area contributed by atoms with E-state index in [1.54, 1.807) is 18.4 Å². The lowest BCUT2D eigenvalue weighted by molar-refractivity contribution is -0.116. The van der Waals surface area contributed by atoms with Gasteiger partial charge in [-0.3, -0.25) is 9.59 Å². The van der Waals surface area contributed by atoms with Gasteiger partial charge in [0.05, 0.1) is 12.7 Å². The predicted molar refractivity (Wildman–Crippen MR) is 105 cm³/mol. The van der Waals surface area contributed by atoms with Gasteiger partial charge in [0.15, 0.2) is 0 Å². The van der Waals surface area contributed by atoms with E-state index in [4.69, 9.17) is 4.74 Å². The number of carbonyl (C=O) groups is 2. The van der Waals surface area contributed by atoms with Crippen molar-refractivity contribution in [3.63, 3.8) is 0 Å². The number of nitrogens with one attached hydrogen (secondary N) is 2. The zero-order valence-corrected chi connectivity index (χ0v) is 16.0. The van der Waals surface area contributed by atoms with E-state index in [0.717, 1.165) is 43.4 Å². The van der Waals surface area contributed by atoms with Crippen molar-refractivity contribution in [1.82, 2.24) is 0 Å². The van der Waals surface area contributed by atoms with E-state index in [1.165, 1.54) is 4.88 Å². The first-order valence-electron chi connectivity index (χ1n) is 9.02. The lowest BCUT2D eigenvalue weighted by atomic mass is 9.95. The molecule has 1 aromatic heterocycles. The van der Waals surface area contributed by atoms with E-state index in [1.807, 2.05) is 31.2 Å². The first-order valence-corrected chi connectivity index (χ1v) is 9.83. The second-order valence-electron chi connectivity index (χ2n) is 6.40. The Morgan fingerprint density at radius 3 is 2.54 bits per heavy atom. The minimum absolute atomic E-state index is 0.0374. The highest BCUT2D eigenvalue weighted by Crippen LogP contribution is 2.38. The highest BCUT2D eigenvalue weighted by molar-refractivity contribution is 7.17. The van der Waals surface area contributed by atoms with Crippen LogP contribution in [0.5, 0.6) is 5.75 Å². The Balaban J connectivity index is 1.86. The topological polar surface area (TPSA) is 67.4 Å². The van der Waals surface area contributed by atoms with Gasteiger partial charge in [-0.2, -0.15) is 0 Å². The monoisotopic (exact) mass is 372 g/mol. The number of ether oxygens (including phenoxy) is 1. The number of methoxy groups -OCH3 is 1. The van der Waals surface area contributed by atoms with E-state index < -0.39 is 0 Å². The molecule has 1 heterocycles. The van der Waals surface area contributed by atoms with E-state index in [2.05, 4.69) is 10.6 Å². The van der Waals surface area contributed by atoms with Gasteiger partial charge in [0.2, 0.25) is 5.91 Å². The Morgan fingerprint density at radius 2 is 1.85 bits per heavy atom. The number of aryl methyl sites for hydroxylation is 1. The van der Waals surface area contributed by atoms with Gasteiger partial charge in [-0.1, -0.05) is 6.92 Å². The Morgan fingerprint density at radius 1 is 1.12 bits per heavy atom. The van der Waals surface area contributed by atoms with E-state index in [-0.39, 0.29) is 11.8 Å². The van der Waals surface area contributed by atoms with Crippen LogP contribution in [0.3, 0.4) is 0 Å². The summed E-state index contributed by atoms with van der Waals surface area (Å²) in [6.45, 7) is 1.97. The average Bonchev–Trinajstić information content (AvgIpc) is 3.00. The molecule has 0 unspecified atom stereocenters. The molecule has 5 nitrogen and oxygen atoms in total. The normalized spacial score (nSPS) is 13.0. The summed E-state index contributed by atoms with van der Waals surface area (Å²) in [5.41, 5.74) is 2.43. The van der Waals surface area contributed by atoms with Gasteiger partial charge in [-0.25, -0.2) is 0 Å². The number of hydrogen-bond donors (Lipinski definition) is 2. The van der Waals surface area contributed by atoms with Crippen molar-refractivity contribution in [1.29, 1.82) is 0 Å². The van der Waals surface area contributed by atoms with Crippen molar-refractivity contribution in [3.8, 4) is 5.75 Å². The molecule has 0 radical (unpaired) electrons. The second-order valence-corrected chi connectivity index (χ2v) is 7.50. The number of anilines is 2. The number of carbonyl (C=O) groups excluding carboxylic acids is 2. The van der Waals surface area contributed by atoms with Crippen molar-refractivity contribution in [2.24, 2.45) is 0 Å². The number of fused-ring (bicyclic) bond motifs is 1. The maximum absolute atomic E-state index is 13.0. The quantitative estimate of drug-likeness (QED) is 0.777. The van der Waals surface area contributed by atoms with Crippen molar-refractivity contribution in [2.45, 2.75) is 45.4 Å². The molecule has 26 heavy (non-hydrogen) atoms.